The molecule has 98 valence electrons. The number of H-pyrrole nitrogens is 1. The normalized spacial score (nSPS) is 10.2. The van der Waals surface area contributed by atoms with Crippen molar-refractivity contribution in [2.75, 3.05) is 5.32 Å². The van der Waals surface area contributed by atoms with Crippen LogP contribution in [0.3, 0.4) is 0 Å². The summed E-state index contributed by atoms with van der Waals surface area (Å²) in [5.74, 6) is 0.309. The number of carbonyl (C=O) groups is 1. The largest absolute Gasteiger partial charge is 0.305 e. The maximum absolute atomic E-state index is 12.0. The molecule has 3 aromatic rings. The van der Waals surface area contributed by atoms with E-state index in [-0.39, 0.29) is 5.91 Å². The van der Waals surface area contributed by atoms with E-state index in [4.69, 9.17) is 0 Å². The molecule has 0 aliphatic carbocycles. The molecule has 0 aliphatic heterocycles. The minimum absolute atomic E-state index is 0.182. The summed E-state index contributed by atoms with van der Waals surface area (Å²) >= 11 is 0. The number of aromatic amines is 1. The van der Waals surface area contributed by atoms with Crippen LogP contribution < -0.4 is 5.32 Å². The Labute approximate surface area is 115 Å². The molecule has 2 N–H and O–H groups in total. The zero-order valence-electron chi connectivity index (χ0n) is 10.6. The second-order valence-electron chi connectivity index (χ2n) is 4.22. The van der Waals surface area contributed by atoms with Crippen molar-refractivity contribution in [3.8, 4) is 11.3 Å². The molecule has 5 nitrogen and oxygen atoms in total. The Kier molecular flexibility index (Phi) is 3.24. The van der Waals surface area contributed by atoms with Gasteiger partial charge >= 0.3 is 0 Å². The van der Waals surface area contributed by atoms with Gasteiger partial charge in [0, 0.05) is 29.6 Å². The lowest BCUT2D eigenvalue weighted by Crippen LogP contribution is -2.11. The third kappa shape index (κ3) is 2.56. The van der Waals surface area contributed by atoms with Crippen LogP contribution in [0.25, 0.3) is 11.3 Å². The molecular weight excluding hydrogens is 252 g/mol. The van der Waals surface area contributed by atoms with Crippen molar-refractivity contribution in [3.63, 3.8) is 0 Å². The first-order valence-electron chi connectivity index (χ1n) is 6.15. The van der Waals surface area contributed by atoms with Crippen LogP contribution in [0.5, 0.6) is 0 Å². The van der Waals surface area contributed by atoms with E-state index in [9.17, 15) is 4.79 Å². The van der Waals surface area contributed by atoms with E-state index in [1.54, 1.807) is 30.6 Å². The molecule has 0 spiro atoms. The molecule has 0 unspecified atom stereocenters. The summed E-state index contributed by atoms with van der Waals surface area (Å²) in [5, 5.41) is 9.72. The Morgan fingerprint density at radius 1 is 1.05 bits per heavy atom. The van der Waals surface area contributed by atoms with Gasteiger partial charge in [-0.05, 0) is 24.3 Å². The number of hydrogen-bond acceptors (Lipinski definition) is 3. The van der Waals surface area contributed by atoms with E-state index >= 15 is 0 Å². The molecule has 0 bridgehead atoms. The molecule has 0 radical (unpaired) electrons. The Morgan fingerprint density at radius 3 is 2.55 bits per heavy atom. The van der Waals surface area contributed by atoms with Crippen LogP contribution in [-0.4, -0.2) is 21.1 Å². The monoisotopic (exact) mass is 264 g/mol. The second-order valence-corrected chi connectivity index (χ2v) is 4.22. The number of hydrogen-bond donors (Lipinski definition) is 2. The molecular formula is C15H12N4O. The van der Waals surface area contributed by atoms with Crippen molar-refractivity contribution in [2.45, 2.75) is 0 Å². The number of pyridine rings is 1. The molecule has 2 heterocycles. The van der Waals surface area contributed by atoms with Gasteiger partial charge in [0.05, 0.1) is 5.69 Å². The first-order valence-corrected chi connectivity index (χ1v) is 6.15. The Balaban J connectivity index is 1.77. The van der Waals surface area contributed by atoms with E-state index in [0.29, 0.717) is 11.4 Å². The maximum atomic E-state index is 12.0. The van der Waals surface area contributed by atoms with Gasteiger partial charge in [-0.2, -0.15) is 5.10 Å². The quantitative estimate of drug-likeness (QED) is 0.764. The van der Waals surface area contributed by atoms with Crippen LogP contribution >= 0.6 is 0 Å². The van der Waals surface area contributed by atoms with E-state index in [0.717, 1.165) is 11.3 Å². The average Bonchev–Trinajstić information content (AvgIpc) is 2.97. The number of rotatable bonds is 3. The minimum atomic E-state index is -0.182. The van der Waals surface area contributed by atoms with Crippen molar-refractivity contribution < 1.29 is 4.79 Å². The summed E-state index contributed by atoms with van der Waals surface area (Å²) in [6, 6.07) is 14.6. The standard InChI is InChI=1S/C15H12N4O/c20-15(12-4-2-1-3-5-12)17-14-10-13(18-19-14)11-6-8-16-9-7-11/h1-10H,(H2,17,18,19,20). The Bertz CT molecular complexity index is 707. The molecule has 20 heavy (non-hydrogen) atoms. The number of aromatic nitrogens is 3. The highest BCUT2D eigenvalue weighted by Gasteiger charge is 2.08. The maximum Gasteiger partial charge on any atom is 0.256 e. The Hall–Kier alpha value is -2.95. The molecule has 1 aromatic carbocycles. The average molecular weight is 264 g/mol. The van der Waals surface area contributed by atoms with Crippen molar-refractivity contribution in [2.24, 2.45) is 0 Å². The smallest absolute Gasteiger partial charge is 0.256 e. The first kappa shape index (κ1) is 12.1. The van der Waals surface area contributed by atoms with Crippen LogP contribution in [-0.2, 0) is 0 Å². The molecule has 5 heteroatoms. The van der Waals surface area contributed by atoms with Gasteiger partial charge in [-0.15, -0.1) is 0 Å². The Morgan fingerprint density at radius 2 is 1.80 bits per heavy atom. The summed E-state index contributed by atoms with van der Waals surface area (Å²) < 4.78 is 0. The van der Waals surface area contributed by atoms with Crippen LogP contribution in [0.4, 0.5) is 5.82 Å². The van der Waals surface area contributed by atoms with E-state index in [1.165, 1.54) is 0 Å². The number of nitrogens with zero attached hydrogens (tertiary/aromatic N) is 2. The summed E-state index contributed by atoms with van der Waals surface area (Å²) in [6.07, 6.45) is 3.41. The van der Waals surface area contributed by atoms with E-state index in [1.807, 2.05) is 30.3 Å². The van der Waals surface area contributed by atoms with Crippen LogP contribution in [0.15, 0.2) is 60.9 Å². The number of nitrogens with one attached hydrogen (secondary N) is 2. The van der Waals surface area contributed by atoms with Crippen molar-refractivity contribution in [1.29, 1.82) is 0 Å². The van der Waals surface area contributed by atoms with E-state index < -0.39 is 0 Å². The molecule has 0 saturated carbocycles. The lowest BCUT2D eigenvalue weighted by molar-refractivity contribution is 0.102. The lowest BCUT2D eigenvalue weighted by Gasteiger charge is -2.00. The fourth-order valence-electron chi connectivity index (χ4n) is 1.84. The summed E-state index contributed by atoms with van der Waals surface area (Å²) in [6.45, 7) is 0. The highest BCUT2D eigenvalue weighted by Crippen LogP contribution is 2.18. The summed E-state index contributed by atoms with van der Waals surface area (Å²) in [7, 11) is 0. The predicted molar refractivity (Wildman–Crippen MR) is 76.2 cm³/mol. The topological polar surface area (TPSA) is 70.7 Å². The van der Waals surface area contributed by atoms with E-state index in [2.05, 4.69) is 20.5 Å². The van der Waals surface area contributed by atoms with Gasteiger partial charge < -0.3 is 5.32 Å². The molecule has 2 aromatic heterocycles. The molecule has 3 rings (SSSR count). The summed E-state index contributed by atoms with van der Waals surface area (Å²) in [5.41, 5.74) is 2.39. The molecule has 0 saturated heterocycles. The predicted octanol–water partition coefficient (Wildman–Crippen LogP) is 2.72. The van der Waals surface area contributed by atoms with Gasteiger partial charge in [-0.25, -0.2) is 0 Å². The lowest BCUT2D eigenvalue weighted by atomic mass is 10.2. The van der Waals surface area contributed by atoms with Crippen molar-refractivity contribution in [3.05, 3.63) is 66.5 Å². The number of carbonyl (C=O) groups excluding carboxylic acids is 1. The SMILES string of the molecule is O=C(Nc1cc(-c2ccncc2)[nH]n1)c1ccccc1. The number of amides is 1. The van der Waals surface area contributed by atoms with Gasteiger partial charge in [0.25, 0.3) is 5.91 Å². The van der Waals surface area contributed by atoms with Crippen molar-refractivity contribution >= 4 is 11.7 Å². The van der Waals surface area contributed by atoms with Crippen LogP contribution in [0.1, 0.15) is 10.4 Å². The number of anilines is 1. The molecule has 1 amide bonds. The molecule has 0 atom stereocenters. The second kappa shape index (κ2) is 5.36. The summed E-state index contributed by atoms with van der Waals surface area (Å²) in [4.78, 5) is 15.9. The van der Waals surface area contributed by atoms with Crippen LogP contribution in [0, 0.1) is 0 Å². The van der Waals surface area contributed by atoms with Crippen molar-refractivity contribution in [1.82, 2.24) is 15.2 Å². The molecule has 0 fully saturated rings. The zero-order valence-corrected chi connectivity index (χ0v) is 10.6. The van der Waals surface area contributed by atoms with Gasteiger partial charge in [-0.3, -0.25) is 14.9 Å². The number of benzene rings is 1. The van der Waals surface area contributed by atoms with Crippen LogP contribution in [0.2, 0.25) is 0 Å². The zero-order chi connectivity index (χ0) is 13.8. The highest BCUT2D eigenvalue weighted by atomic mass is 16.1. The fourth-order valence-corrected chi connectivity index (χ4v) is 1.84. The highest BCUT2D eigenvalue weighted by molar-refractivity contribution is 6.03. The fraction of sp³-hybridized carbons (Fsp3) is 0. The van der Waals surface area contributed by atoms with Gasteiger partial charge in [0.1, 0.15) is 0 Å². The third-order valence-corrected chi connectivity index (χ3v) is 2.85. The minimum Gasteiger partial charge on any atom is -0.305 e. The van der Waals surface area contributed by atoms with Gasteiger partial charge in [0.15, 0.2) is 5.82 Å². The van der Waals surface area contributed by atoms with Gasteiger partial charge in [-0.1, -0.05) is 18.2 Å². The first-order chi connectivity index (χ1) is 9.83. The molecule has 0 aliphatic rings. The van der Waals surface area contributed by atoms with Gasteiger partial charge in [0.2, 0.25) is 0 Å². The third-order valence-electron chi connectivity index (χ3n) is 2.85.